The third kappa shape index (κ3) is 6.07. The van der Waals surface area contributed by atoms with Gasteiger partial charge in [0.25, 0.3) is 5.91 Å². The zero-order chi connectivity index (χ0) is 18.9. The number of benzene rings is 1. The molecule has 1 N–H and O–H groups in total. The van der Waals surface area contributed by atoms with Crippen molar-refractivity contribution in [2.24, 2.45) is 0 Å². The maximum absolute atomic E-state index is 12.3. The monoisotopic (exact) mass is 367 g/mol. The van der Waals surface area contributed by atoms with Gasteiger partial charge in [0.15, 0.2) is 0 Å². The summed E-state index contributed by atoms with van der Waals surface area (Å²) < 4.78 is 1.66. The van der Waals surface area contributed by atoms with E-state index >= 15 is 0 Å². The number of carbonyl (C=O) groups excluding carboxylic acids is 1. The summed E-state index contributed by atoms with van der Waals surface area (Å²) >= 11 is 0. The molecular formula is C22H29N3O2. The maximum atomic E-state index is 12.3. The molecule has 0 radical (unpaired) electrons. The van der Waals surface area contributed by atoms with E-state index in [1.807, 2.05) is 18.2 Å². The van der Waals surface area contributed by atoms with Gasteiger partial charge in [-0.3, -0.25) is 14.5 Å². The van der Waals surface area contributed by atoms with Crippen LogP contribution in [0.15, 0.2) is 53.5 Å². The van der Waals surface area contributed by atoms with E-state index in [9.17, 15) is 9.59 Å². The zero-order valence-corrected chi connectivity index (χ0v) is 15.9. The number of aromatic nitrogens is 1. The van der Waals surface area contributed by atoms with Crippen LogP contribution in [0.4, 0.5) is 0 Å². The van der Waals surface area contributed by atoms with Crippen LogP contribution in [-0.2, 0) is 13.1 Å². The third-order valence-corrected chi connectivity index (χ3v) is 5.08. The summed E-state index contributed by atoms with van der Waals surface area (Å²) in [5.74, 6) is -0.0586. The van der Waals surface area contributed by atoms with Crippen LogP contribution in [-0.4, -0.2) is 35.0 Å². The van der Waals surface area contributed by atoms with Crippen LogP contribution < -0.4 is 10.9 Å². The van der Waals surface area contributed by atoms with E-state index in [0.29, 0.717) is 18.7 Å². The second kappa shape index (κ2) is 10.1. The lowest BCUT2D eigenvalue weighted by Crippen LogP contribution is -2.27. The Morgan fingerprint density at radius 3 is 2.41 bits per heavy atom. The van der Waals surface area contributed by atoms with Gasteiger partial charge in [0.05, 0.1) is 0 Å². The van der Waals surface area contributed by atoms with Crippen LogP contribution in [0.3, 0.4) is 0 Å². The van der Waals surface area contributed by atoms with Crippen LogP contribution in [0.5, 0.6) is 0 Å². The maximum Gasteiger partial charge on any atom is 0.251 e. The quantitative estimate of drug-likeness (QED) is 0.766. The smallest absolute Gasteiger partial charge is 0.251 e. The summed E-state index contributed by atoms with van der Waals surface area (Å²) in [6, 6.07) is 13.1. The standard InChI is InChI=1S/C22H29N3O2/c26-21-8-3-6-16-25(21)17-7-13-23-22(27)20-11-9-19(10-12-20)18-24-14-4-1-2-5-15-24/h3,6,8-12,16H,1-2,4-5,7,13-15,17-18H2,(H,23,27). The highest BCUT2D eigenvalue weighted by Crippen LogP contribution is 2.14. The molecule has 1 aromatic carbocycles. The minimum absolute atomic E-state index is 0.0103. The average Bonchev–Trinajstić information content (AvgIpc) is 2.95. The Labute approximate surface area is 161 Å². The highest BCUT2D eigenvalue weighted by Gasteiger charge is 2.10. The van der Waals surface area contributed by atoms with E-state index < -0.39 is 0 Å². The highest BCUT2D eigenvalue weighted by atomic mass is 16.1. The van der Waals surface area contributed by atoms with Crippen molar-refractivity contribution in [3.05, 3.63) is 70.1 Å². The van der Waals surface area contributed by atoms with Crippen LogP contribution in [0.25, 0.3) is 0 Å². The van der Waals surface area contributed by atoms with Gasteiger partial charge in [-0.2, -0.15) is 0 Å². The molecule has 1 saturated heterocycles. The molecule has 2 aromatic rings. The second-order valence-corrected chi connectivity index (χ2v) is 7.23. The lowest BCUT2D eigenvalue weighted by atomic mass is 10.1. The number of nitrogens with zero attached hydrogens (tertiary/aromatic N) is 2. The fraction of sp³-hybridized carbons (Fsp3) is 0.455. The van der Waals surface area contributed by atoms with E-state index in [1.165, 1.54) is 44.3 Å². The summed E-state index contributed by atoms with van der Waals surface area (Å²) in [6.07, 6.45) is 7.75. The van der Waals surface area contributed by atoms with Gasteiger partial charge in [-0.15, -0.1) is 0 Å². The number of amides is 1. The molecule has 1 aliphatic rings. The van der Waals surface area contributed by atoms with Crippen LogP contribution in [0, 0.1) is 0 Å². The average molecular weight is 367 g/mol. The van der Waals surface area contributed by atoms with Gasteiger partial charge < -0.3 is 9.88 Å². The molecule has 0 aliphatic carbocycles. The molecule has 144 valence electrons. The van der Waals surface area contributed by atoms with Crippen molar-refractivity contribution in [3.8, 4) is 0 Å². The molecule has 0 saturated carbocycles. The van der Waals surface area contributed by atoms with Crippen molar-refractivity contribution in [1.29, 1.82) is 0 Å². The van der Waals surface area contributed by atoms with Crippen molar-refractivity contribution >= 4 is 5.91 Å². The normalized spacial score (nSPS) is 15.3. The molecule has 5 nitrogen and oxygen atoms in total. The Balaban J connectivity index is 1.43. The third-order valence-electron chi connectivity index (χ3n) is 5.08. The number of carbonyl (C=O) groups is 1. The minimum atomic E-state index is -0.0586. The summed E-state index contributed by atoms with van der Waals surface area (Å²) in [7, 11) is 0. The van der Waals surface area contributed by atoms with E-state index in [1.54, 1.807) is 22.9 Å². The highest BCUT2D eigenvalue weighted by molar-refractivity contribution is 5.94. The van der Waals surface area contributed by atoms with Gasteiger partial charge in [-0.25, -0.2) is 0 Å². The summed E-state index contributed by atoms with van der Waals surface area (Å²) in [5.41, 5.74) is 1.94. The minimum Gasteiger partial charge on any atom is -0.352 e. The van der Waals surface area contributed by atoms with E-state index in [4.69, 9.17) is 0 Å². The first kappa shape index (κ1) is 19.4. The fourth-order valence-electron chi connectivity index (χ4n) is 3.51. The summed E-state index contributed by atoms with van der Waals surface area (Å²) in [4.78, 5) is 26.4. The molecule has 0 bridgehead atoms. The van der Waals surface area contributed by atoms with Gasteiger partial charge in [-0.05, 0) is 56.1 Å². The van der Waals surface area contributed by atoms with Crippen molar-refractivity contribution in [2.75, 3.05) is 19.6 Å². The van der Waals surface area contributed by atoms with Crippen LogP contribution in [0.2, 0.25) is 0 Å². The van der Waals surface area contributed by atoms with Crippen molar-refractivity contribution in [3.63, 3.8) is 0 Å². The molecule has 1 amide bonds. The summed E-state index contributed by atoms with van der Waals surface area (Å²) in [5, 5.41) is 2.93. The Kier molecular flexibility index (Phi) is 7.22. The van der Waals surface area contributed by atoms with Crippen molar-refractivity contribution in [1.82, 2.24) is 14.8 Å². The van der Waals surface area contributed by atoms with Gasteiger partial charge in [0.1, 0.15) is 0 Å². The predicted octanol–water partition coefficient (Wildman–Crippen LogP) is 3.04. The van der Waals surface area contributed by atoms with Gasteiger partial charge in [0, 0.05) is 37.5 Å². The number of aryl methyl sites for hydroxylation is 1. The first-order valence-electron chi connectivity index (χ1n) is 9.97. The summed E-state index contributed by atoms with van der Waals surface area (Å²) in [6.45, 7) is 4.47. The topological polar surface area (TPSA) is 54.3 Å². The number of nitrogens with one attached hydrogen (secondary N) is 1. The molecule has 5 heteroatoms. The van der Waals surface area contributed by atoms with Gasteiger partial charge >= 0.3 is 0 Å². The molecule has 1 aromatic heterocycles. The Hall–Kier alpha value is -2.40. The molecule has 0 atom stereocenters. The Morgan fingerprint density at radius 1 is 0.963 bits per heavy atom. The number of rotatable bonds is 7. The molecule has 1 aliphatic heterocycles. The molecule has 3 rings (SSSR count). The molecule has 27 heavy (non-hydrogen) atoms. The zero-order valence-electron chi connectivity index (χ0n) is 15.9. The van der Waals surface area contributed by atoms with Crippen LogP contribution >= 0.6 is 0 Å². The predicted molar refractivity (Wildman–Crippen MR) is 108 cm³/mol. The number of hydrogen-bond acceptors (Lipinski definition) is 3. The molecule has 0 spiro atoms. The molecule has 2 heterocycles. The molecule has 0 unspecified atom stereocenters. The van der Waals surface area contributed by atoms with Gasteiger partial charge in [-0.1, -0.05) is 31.0 Å². The van der Waals surface area contributed by atoms with Crippen LogP contribution in [0.1, 0.15) is 48.0 Å². The van der Waals surface area contributed by atoms with Crippen molar-refractivity contribution < 1.29 is 4.79 Å². The second-order valence-electron chi connectivity index (χ2n) is 7.23. The fourth-order valence-corrected chi connectivity index (χ4v) is 3.51. The number of hydrogen-bond donors (Lipinski definition) is 1. The van der Waals surface area contributed by atoms with E-state index in [0.717, 1.165) is 13.0 Å². The van der Waals surface area contributed by atoms with Crippen molar-refractivity contribution in [2.45, 2.75) is 45.2 Å². The van der Waals surface area contributed by atoms with E-state index in [-0.39, 0.29) is 11.5 Å². The number of pyridine rings is 1. The first-order valence-corrected chi connectivity index (χ1v) is 9.97. The lowest BCUT2D eigenvalue weighted by molar-refractivity contribution is 0.0952. The molecule has 1 fully saturated rings. The molecular weight excluding hydrogens is 338 g/mol. The van der Waals surface area contributed by atoms with Gasteiger partial charge in [0.2, 0.25) is 5.56 Å². The van der Waals surface area contributed by atoms with E-state index in [2.05, 4.69) is 22.3 Å². The lowest BCUT2D eigenvalue weighted by Gasteiger charge is -2.19. The first-order chi connectivity index (χ1) is 13.2. The SMILES string of the molecule is O=C(NCCCn1ccccc1=O)c1ccc(CN2CCCCCC2)cc1. The Bertz CT molecular complexity index is 775. The number of likely N-dealkylation sites (tertiary alicyclic amines) is 1. The largest absolute Gasteiger partial charge is 0.352 e. The Morgan fingerprint density at radius 2 is 1.70 bits per heavy atom.